The molecule has 0 aliphatic carbocycles. The van der Waals surface area contributed by atoms with Gasteiger partial charge in [-0.1, -0.05) is 17.7 Å². The minimum absolute atomic E-state index is 0.0106. The first-order chi connectivity index (χ1) is 21.9. The van der Waals surface area contributed by atoms with Gasteiger partial charge in [0.05, 0.1) is 59.1 Å². The zero-order chi connectivity index (χ0) is 32.9. The van der Waals surface area contributed by atoms with E-state index in [1.165, 1.54) is 6.92 Å². The second-order valence-corrected chi connectivity index (χ2v) is 11.6. The first kappa shape index (κ1) is 31.8. The van der Waals surface area contributed by atoms with Crippen molar-refractivity contribution in [3.63, 3.8) is 0 Å². The molecule has 1 fully saturated rings. The summed E-state index contributed by atoms with van der Waals surface area (Å²) in [5, 5.41) is -0.374. The summed E-state index contributed by atoms with van der Waals surface area (Å²) in [4.78, 5) is 21.0. The fourth-order valence-electron chi connectivity index (χ4n) is 5.85. The fourth-order valence-corrected chi connectivity index (χ4v) is 6.17. The number of rotatable bonds is 6. The number of aromatic nitrogens is 4. The molecular formula is C30H31ClF4N8O3. The number of nitrogen functional groups attached to an aromatic ring is 2. The second-order valence-electron chi connectivity index (χ2n) is 11.2. The van der Waals surface area contributed by atoms with Gasteiger partial charge in [0.25, 0.3) is 0 Å². The number of aryl methyl sites for hydroxylation is 1. The molecule has 2 aliphatic heterocycles. The highest BCUT2D eigenvalue weighted by Gasteiger charge is 2.40. The van der Waals surface area contributed by atoms with Crippen molar-refractivity contribution in [3.05, 3.63) is 51.9 Å². The standard InChI is InChI=1S/C30H31ClF4N8O3/c1-14-11-18(36)39-24(21(14)30(33,34)35)19-22(31)26-20-25(23(19)32)40-29(46-13-16-12-44-9-7-42(16)3)41-28(20)43(8-10-45-26)15(2)17-5-4-6-38-27(17)37/h4-6,11,15-16H,7-10,12-13H2,1-3H3,(H2,36,39)(H2,37,38)/t15-,16?/m1/s1. The third-order valence-corrected chi connectivity index (χ3v) is 8.63. The van der Waals surface area contributed by atoms with Gasteiger partial charge in [-0.3, -0.25) is 4.90 Å². The molecule has 5 heterocycles. The Kier molecular flexibility index (Phi) is 8.42. The first-order valence-corrected chi connectivity index (χ1v) is 14.8. The number of likely N-dealkylation sites (N-methyl/N-ethyl adjacent to an activating group) is 1. The number of nitrogens with zero attached hydrogens (tertiary/aromatic N) is 6. The molecule has 1 unspecified atom stereocenters. The summed E-state index contributed by atoms with van der Waals surface area (Å²) < 4.78 is 77.6. The summed E-state index contributed by atoms with van der Waals surface area (Å²) in [6, 6.07) is 3.80. The number of nitrogens with two attached hydrogens (primary N) is 2. The van der Waals surface area contributed by atoms with Crippen molar-refractivity contribution in [1.82, 2.24) is 24.8 Å². The zero-order valence-electron chi connectivity index (χ0n) is 25.2. The van der Waals surface area contributed by atoms with E-state index in [0.29, 0.717) is 25.3 Å². The van der Waals surface area contributed by atoms with Crippen LogP contribution in [0.25, 0.3) is 22.2 Å². The van der Waals surface area contributed by atoms with E-state index in [4.69, 9.17) is 37.3 Å². The highest BCUT2D eigenvalue weighted by Crippen LogP contribution is 2.50. The Balaban J connectivity index is 1.60. The lowest BCUT2D eigenvalue weighted by atomic mass is 9.98. The fraction of sp³-hybridized carbons (Fsp3) is 0.400. The number of pyridine rings is 2. The van der Waals surface area contributed by atoms with Gasteiger partial charge in [-0.15, -0.1) is 0 Å². The second kappa shape index (κ2) is 12.2. The highest BCUT2D eigenvalue weighted by molar-refractivity contribution is 6.36. The minimum Gasteiger partial charge on any atom is -0.489 e. The van der Waals surface area contributed by atoms with E-state index in [-0.39, 0.29) is 71.5 Å². The van der Waals surface area contributed by atoms with Crippen LogP contribution >= 0.6 is 11.6 Å². The minimum atomic E-state index is -4.91. The normalized spacial score (nSPS) is 17.9. The Morgan fingerprint density at radius 2 is 1.96 bits per heavy atom. The Bertz CT molecular complexity index is 1810. The monoisotopic (exact) mass is 662 g/mol. The quantitative estimate of drug-likeness (QED) is 0.269. The lowest BCUT2D eigenvalue weighted by molar-refractivity contribution is -0.137. The maximum absolute atomic E-state index is 16.8. The molecule has 0 spiro atoms. The number of ether oxygens (including phenoxy) is 3. The molecule has 1 aromatic carbocycles. The van der Waals surface area contributed by atoms with Crippen molar-refractivity contribution >= 4 is 40.0 Å². The Morgan fingerprint density at radius 1 is 1.17 bits per heavy atom. The Labute approximate surface area is 266 Å². The van der Waals surface area contributed by atoms with Crippen LogP contribution in [-0.2, 0) is 10.9 Å². The lowest BCUT2D eigenvalue weighted by Crippen LogP contribution is -2.46. The number of hydrogen-bond donors (Lipinski definition) is 2. The van der Waals surface area contributed by atoms with Gasteiger partial charge in [-0.05, 0) is 38.6 Å². The van der Waals surface area contributed by atoms with E-state index in [1.807, 2.05) is 18.9 Å². The number of halogens is 5. The average molecular weight is 663 g/mol. The molecule has 6 rings (SSSR count). The van der Waals surface area contributed by atoms with Crippen molar-refractivity contribution in [3.8, 4) is 23.0 Å². The Hall–Kier alpha value is -4.21. The molecule has 2 aliphatic rings. The molecule has 3 aromatic heterocycles. The van der Waals surface area contributed by atoms with Gasteiger partial charge >= 0.3 is 12.2 Å². The van der Waals surface area contributed by atoms with Gasteiger partial charge in [0.1, 0.15) is 36.2 Å². The molecule has 0 saturated carbocycles. The van der Waals surface area contributed by atoms with Crippen LogP contribution in [0, 0.1) is 12.7 Å². The van der Waals surface area contributed by atoms with Gasteiger partial charge in [0.15, 0.2) is 11.6 Å². The third-order valence-electron chi connectivity index (χ3n) is 8.27. The maximum Gasteiger partial charge on any atom is 0.418 e. The summed E-state index contributed by atoms with van der Waals surface area (Å²) in [5.74, 6) is -1.04. The van der Waals surface area contributed by atoms with Crippen LogP contribution in [0.5, 0.6) is 11.8 Å². The van der Waals surface area contributed by atoms with Crippen LogP contribution in [0.4, 0.5) is 35.0 Å². The maximum atomic E-state index is 16.8. The van der Waals surface area contributed by atoms with Crippen LogP contribution < -0.4 is 25.8 Å². The van der Waals surface area contributed by atoms with Crippen LogP contribution in [0.2, 0.25) is 5.02 Å². The van der Waals surface area contributed by atoms with Gasteiger partial charge in [-0.2, -0.15) is 23.1 Å². The summed E-state index contributed by atoms with van der Waals surface area (Å²) in [6.07, 6.45) is -3.35. The molecule has 244 valence electrons. The van der Waals surface area contributed by atoms with E-state index in [9.17, 15) is 13.2 Å². The topological polar surface area (TPSA) is 138 Å². The number of alkyl halides is 3. The molecule has 1 saturated heterocycles. The SMILES string of the molecule is Cc1cc(N)nc(-c2c(Cl)c3c4c(nc(OCC5COCCN5C)nc4c2F)N([C@H](C)c2cccnc2N)CCO3)c1C(F)(F)F. The molecule has 16 heteroatoms. The van der Waals surface area contributed by atoms with E-state index in [2.05, 4.69) is 24.8 Å². The Morgan fingerprint density at radius 3 is 2.67 bits per heavy atom. The number of hydrogen-bond acceptors (Lipinski definition) is 11. The summed E-state index contributed by atoms with van der Waals surface area (Å²) >= 11 is 6.75. The highest BCUT2D eigenvalue weighted by atomic mass is 35.5. The van der Waals surface area contributed by atoms with Crippen molar-refractivity contribution in [2.75, 3.05) is 62.9 Å². The third kappa shape index (κ3) is 5.67. The molecule has 4 N–H and O–H groups in total. The summed E-state index contributed by atoms with van der Waals surface area (Å²) in [6.45, 7) is 5.05. The lowest BCUT2D eigenvalue weighted by Gasteiger charge is -2.32. The van der Waals surface area contributed by atoms with Crippen molar-refractivity contribution in [2.24, 2.45) is 0 Å². The van der Waals surface area contributed by atoms with Crippen molar-refractivity contribution < 1.29 is 31.8 Å². The van der Waals surface area contributed by atoms with E-state index in [1.54, 1.807) is 18.3 Å². The average Bonchev–Trinajstić information content (AvgIpc) is 3.18. The van der Waals surface area contributed by atoms with Gasteiger partial charge in [0.2, 0.25) is 0 Å². The summed E-state index contributed by atoms with van der Waals surface area (Å²) in [7, 11) is 1.92. The van der Waals surface area contributed by atoms with Crippen LogP contribution in [-0.4, -0.2) is 77.4 Å². The largest absolute Gasteiger partial charge is 0.489 e. The number of anilines is 3. The van der Waals surface area contributed by atoms with Crippen LogP contribution in [0.1, 0.15) is 29.7 Å². The van der Waals surface area contributed by atoms with Gasteiger partial charge < -0.3 is 30.6 Å². The molecule has 0 amide bonds. The zero-order valence-corrected chi connectivity index (χ0v) is 25.9. The molecule has 11 nitrogen and oxygen atoms in total. The van der Waals surface area contributed by atoms with Crippen molar-refractivity contribution in [2.45, 2.75) is 32.1 Å². The number of morpholine rings is 1. The van der Waals surface area contributed by atoms with E-state index in [0.717, 1.165) is 6.07 Å². The molecule has 0 bridgehead atoms. The molecule has 4 aromatic rings. The molecule has 0 radical (unpaired) electrons. The van der Waals surface area contributed by atoms with Gasteiger partial charge in [-0.25, -0.2) is 14.4 Å². The number of benzene rings is 1. The predicted octanol–water partition coefficient (Wildman–Crippen LogP) is 5.04. The van der Waals surface area contributed by atoms with E-state index >= 15 is 4.39 Å². The molecular weight excluding hydrogens is 632 g/mol. The predicted molar refractivity (Wildman–Crippen MR) is 165 cm³/mol. The first-order valence-electron chi connectivity index (χ1n) is 14.4. The van der Waals surface area contributed by atoms with Gasteiger partial charge in [0, 0.05) is 18.3 Å². The molecule has 2 atom stereocenters. The van der Waals surface area contributed by atoms with Crippen LogP contribution in [0.3, 0.4) is 0 Å². The van der Waals surface area contributed by atoms with Crippen molar-refractivity contribution in [1.29, 1.82) is 0 Å². The van der Waals surface area contributed by atoms with E-state index < -0.39 is 39.9 Å². The molecule has 46 heavy (non-hydrogen) atoms. The smallest absolute Gasteiger partial charge is 0.418 e. The van der Waals surface area contributed by atoms with Crippen LogP contribution in [0.15, 0.2) is 24.4 Å². The summed E-state index contributed by atoms with van der Waals surface area (Å²) in [5.41, 5.74) is 9.50.